The van der Waals surface area contributed by atoms with Gasteiger partial charge >= 0.3 is 0 Å². The van der Waals surface area contributed by atoms with Gasteiger partial charge in [0.05, 0.1) is 30.0 Å². The van der Waals surface area contributed by atoms with Gasteiger partial charge in [0.1, 0.15) is 13.2 Å². The number of carbonyl (C=O) groups is 1. The number of likely N-dealkylation sites (N-methyl/N-ethyl adjacent to an activating group) is 1. The smallest absolute Gasteiger partial charge is 0.260 e. The Morgan fingerprint density at radius 1 is 0.868 bits per heavy atom. The van der Waals surface area contributed by atoms with E-state index in [1.807, 2.05) is 32.9 Å². The number of thiazole rings is 1. The molecule has 1 aliphatic rings. The molecule has 2 heterocycles. The summed E-state index contributed by atoms with van der Waals surface area (Å²) >= 11 is 1.46. The molecular formula is C28H37N3O6S. The number of aromatic nitrogens is 1. The Morgan fingerprint density at radius 3 is 2.05 bits per heavy atom. The third-order valence-electron chi connectivity index (χ3n) is 6.21. The van der Waals surface area contributed by atoms with Crippen LogP contribution < -0.4 is 28.6 Å². The molecule has 0 aliphatic carbocycles. The summed E-state index contributed by atoms with van der Waals surface area (Å²) in [6.45, 7) is 15.3. The van der Waals surface area contributed by atoms with Crippen molar-refractivity contribution in [1.29, 1.82) is 0 Å². The van der Waals surface area contributed by atoms with Crippen molar-refractivity contribution in [1.82, 2.24) is 9.88 Å². The monoisotopic (exact) mass is 543 g/mol. The molecule has 4 rings (SSSR count). The summed E-state index contributed by atoms with van der Waals surface area (Å²) in [6, 6.07) is 7.29. The highest BCUT2D eigenvalue weighted by atomic mass is 32.1. The lowest BCUT2D eigenvalue weighted by Crippen LogP contribution is -2.38. The number of hydrogen-bond donors (Lipinski definition) is 0. The molecule has 3 aromatic rings. The average molecular weight is 544 g/mol. The van der Waals surface area contributed by atoms with Crippen molar-refractivity contribution in [2.75, 3.05) is 64.1 Å². The predicted molar refractivity (Wildman–Crippen MR) is 150 cm³/mol. The number of benzene rings is 2. The van der Waals surface area contributed by atoms with Gasteiger partial charge in [0.15, 0.2) is 28.1 Å². The van der Waals surface area contributed by atoms with Gasteiger partial charge in [-0.1, -0.05) is 25.2 Å². The quantitative estimate of drug-likeness (QED) is 0.289. The van der Waals surface area contributed by atoms with Gasteiger partial charge in [-0.2, -0.15) is 0 Å². The second kappa shape index (κ2) is 13.0. The molecular weight excluding hydrogens is 506 g/mol. The number of rotatable bonds is 13. The Kier molecular flexibility index (Phi) is 9.52. The molecule has 9 nitrogen and oxygen atoms in total. The molecule has 0 atom stereocenters. The zero-order valence-corrected chi connectivity index (χ0v) is 23.7. The number of nitrogens with zero attached hydrogens (tertiary/aromatic N) is 3. The van der Waals surface area contributed by atoms with Crippen LogP contribution in [-0.4, -0.2) is 75.0 Å². The SMILES string of the molecule is CCOc1cc(C(=O)N(CCN(CC)CC)c2nc3cc4c(cc3s2)OCCO4)cc(OCC)c1OCC. The normalized spacial score (nSPS) is 12.6. The van der Waals surface area contributed by atoms with Crippen LogP contribution in [0.25, 0.3) is 10.2 Å². The van der Waals surface area contributed by atoms with Gasteiger partial charge in [0.2, 0.25) is 5.75 Å². The maximum atomic E-state index is 14.1. The van der Waals surface area contributed by atoms with Crippen molar-refractivity contribution in [3.8, 4) is 28.7 Å². The van der Waals surface area contributed by atoms with Crippen LogP contribution in [0.4, 0.5) is 5.13 Å². The highest BCUT2D eigenvalue weighted by molar-refractivity contribution is 7.22. The Bertz CT molecular complexity index is 1170. The van der Waals surface area contributed by atoms with Crippen molar-refractivity contribution in [3.63, 3.8) is 0 Å². The number of carbonyl (C=O) groups excluding carboxylic acids is 1. The molecule has 0 spiro atoms. The first kappa shape index (κ1) is 27.8. The van der Waals surface area contributed by atoms with Crippen LogP contribution in [0.5, 0.6) is 28.7 Å². The first-order chi connectivity index (χ1) is 18.5. The number of fused-ring (bicyclic) bond motifs is 2. The number of amides is 1. The second-order valence-electron chi connectivity index (χ2n) is 8.54. The minimum absolute atomic E-state index is 0.182. The van der Waals surface area contributed by atoms with Crippen LogP contribution in [0.2, 0.25) is 0 Å². The number of hydrogen-bond acceptors (Lipinski definition) is 9. The molecule has 0 bridgehead atoms. The van der Waals surface area contributed by atoms with Gasteiger partial charge in [-0.25, -0.2) is 4.98 Å². The van der Waals surface area contributed by atoms with E-state index in [9.17, 15) is 4.79 Å². The summed E-state index contributed by atoms with van der Waals surface area (Å²) in [5.41, 5.74) is 1.22. The Hall–Kier alpha value is -3.24. The Balaban J connectivity index is 1.76. The summed E-state index contributed by atoms with van der Waals surface area (Å²) in [6.07, 6.45) is 0. The van der Waals surface area contributed by atoms with Gasteiger partial charge in [-0.15, -0.1) is 0 Å². The fourth-order valence-corrected chi connectivity index (χ4v) is 5.30. The first-order valence-electron chi connectivity index (χ1n) is 13.3. The van der Waals surface area contributed by atoms with E-state index in [2.05, 4.69) is 18.7 Å². The zero-order valence-electron chi connectivity index (χ0n) is 22.9. The standard InChI is InChI=1S/C28H37N3O6S/c1-6-30(7-2)11-12-31(28-29-20-17-21-22(18-25(20)38-28)37-14-13-36-21)27(32)19-15-23(33-8-3)26(35-10-5)24(16-19)34-9-4/h15-18H,6-14H2,1-5H3. The molecule has 0 saturated heterocycles. The molecule has 10 heteroatoms. The van der Waals surface area contributed by atoms with Crippen molar-refractivity contribution in [3.05, 3.63) is 29.8 Å². The molecule has 0 radical (unpaired) electrons. The topological polar surface area (TPSA) is 82.6 Å². The summed E-state index contributed by atoms with van der Waals surface area (Å²) in [7, 11) is 0. The van der Waals surface area contributed by atoms with Gasteiger partial charge in [-0.05, 0) is 46.0 Å². The summed E-state index contributed by atoms with van der Waals surface area (Å²) < 4.78 is 30.0. The summed E-state index contributed by atoms with van der Waals surface area (Å²) in [5.74, 6) is 2.67. The van der Waals surface area contributed by atoms with Crippen molar-refractivity contribution in [2.45, 2.75) is 34.6 Å². The molecule has 2 aromatic carbocycles. The van der Waals surface area contributed by atoms with E-state index in [1.54, 1.807) is 17.0 Å². The lowest BCUT2D eigenvalue weighted by atomic mass is 10.1. The first-order valence-corrected chi connectivity index (χ1v) is 14.1. The van der Waals surface area contributed by atoms with Gasteiger partial charge in [-0.3, -0.25) is 9.69 Å². The van der Waals surface area contributed by atoms with Crippen LogP contribution in [-0.2, 0) is 0 Å². The second-order valence-corrected chi connectivity index (χ2v) is 9.55. The average Bonchev–Trinajstić information content (AvgIpc) is 3.33. The van der Waals surface area contributed by atoms with Crippen molar-refractivity contribution < 1.29 is 28.5 Å². The maximum Gasteiger partial charge on any atom is 0.260 e. The van der Waals surface area contributed by atoms with E-state index in [0.29, 0.717) is 85.6 Å². The summed E-state index contributed by atoms with van der Waals surface area (Å²) in [5, 5.41) is 0.615. The van der Waals surface area contributed by atoms with Crippen LogP contribution in [0, 0.1) is 0 Å². The van der Waals surface area contributed by atoms with Crippen molar-refractivity contribution >= 4 is 32.6 Å². The molecule has 0 unspecified atom stereocenters. The van der Waals surface area contributed by atoms with Crippen LogP contribution in [0.1, 0.15) is 45.0 Å². The lowest BCUT2D eigenvalue weighted by Gasteiger charge is -2.25. The highest BCUT2D eigenvalue weighted by Gasteiger charge is 2.26. The zero-order chi connectivity index (χ0) is 27.1. The minimum atomic E-state index is -0.182. The van der Waals surface area contributed by atoms with Gasteiger partial charge < -0.3 is 28.6 Å². The van der Waals surface area contributed by atoms with E-state index in [1.165, 1.54) is 11.3 Å². The van der Waals surface area contributed by atoms with E-state index in [4.69, 9.17) is 28.7 Å². The van der Waals surface area contributed by atoms with E-state index >= 15 is 0 Å². The fraction of sp³-hybridized carbons (Fsp3) is 0.500. The molecule has 1 aliphatic heterocycles. The lowest BCUT2D eigenvalue weighted by molar-refractivity contribution is 0.0982. The third kappa shape index (κ3) is 6.07. The van der Waals surface area contributed by atoms with Gasteiger partial charge in [0.25, 0.3) is 5.91 Å². The van der Waals surface area contributed by atoms with Crippen molar-refractivity contribution in [2.24, 2.45) is 0 Å². The van der Waals surface area contributed by atoms with E-state index < -0.39 is 0 Å². The Labute approximate surface area is 228 Å². The van der Waals surface area contributed by atoms with Crippen LogP contribution >= 0.6 is 11.3 Å². The molecule has 1 aromatic heterocycles. The molecule has 206 valence electrons. The predicted octanol–water partition coefficient (Wildman–Crippen LogP) is 5.25. The molecule has 38 heavy (non-hydrogen) atoms. The van der Waals surface area contributed by atoms with Crippen LogP contribution in [0.15, 0.2) is 24.3 Å². The Morgan fingerprint density at radius 2 is 1.47 bits per heavy atom. The molecule has 0 saturated carbocycles. The number of anilines is 1. The molecule has 1 amide bonds. The molecule has 0 fully saturated rings. The third-order valence-corrected chi connectivity index (χ3v) is 7.25. The van der Waals surface area contributed by atoms with Crippen LogP contribution in [0.3, 0.4) is 0 Å². The molecule has 0 N–H and O–H groups in total. The van der Waals surface area contributed by atoms with Gasteiger partial charge in [0, 0.05) is 30.8 Å². The largest absolute Gasteiger partial charge is 0.490 e. The summed E-state index contributed by atoms with van der Waals surface area (Å²) in [4.78, 5) is 23.0. The van der Waals surface area contributed by atoms with E-state index in [0.717, 1.165) is 23.3 Å². The minimum Gasteiger partial charge on any atom is -0.490 e. The number of ether oxygens (including phenoxy) is 5. The highest BCUT2D eigenvalue weighted by Crippen LogP contribution is 2.41. The maximum absolute atomic E-state index is 14.1. The van der Waals surface area contributed by atoms with E-state index in [-0.39, 0.29) is 5.91 Å². The fourth-order valence-electron chi connectivity index (χ4n) is 4.30.